The minimum Gasteiger partial charge on any atom is -0.309 e. The van der Waals surface area contributed by atoms with Gasteiger partial charge in [0, 0.05) is 38.4 Å². The van der Waals surface area contributed by atoms with Crippen LogP contribution in [0, 0.1) is 0 Å². The fraction of sp³-hybridized carbons (Fsp3) is 0. The third-order valence-electron chi connectivity index (χ3n) is 12.5. The van der Waals surface area contributed by atoms with Gasteiger partial charge in [-0.05, 0) is 98.0 Å². The summed E-state index contributed by atoms with van der Waals surface area (Å²) in [6.07, 6.45) is 0. The normalized spacial score (nSPS) is 11.9. The molecular weight excluding hydrogens is 755 g/mol. The lowest BCUT2D eigenvalue weighted by molar-refractivity contribution is 0.954. The predicted octanol–water partition coefficient (Wildman–Crippen LogP) is 14.5. The zero-order chi connectivity index (χ0) is 40.7. The minimum atomic E-state index is 0.585. The summed E-state index contributed by atoms with van der Waals surface area (Å²) in [5, 5.41) is 12.1. The van der Waals surface area contributed by atoms with Crippen molar-refractivity contribution in [2.75, 3.05) is 0 Å². The first-order chi connectivity index (χ1) is 30.7. The van der Waals surface area contributed by atoms with Crippen LogP contribution in [-0.4, -0.2) is 24.1 Å². The SMILES string of the molecule is c1ccc(-c2nc(-c3ccccc3)nc(-n3c4ccccc4c4cc5c6ccc(-c7ccc8c(c7)c7ccccc7n8-c7ccccc7)cc6c6ccccc6c5cc43)n2)cc1. The molecule has 0 saturated heterocycles. The van der Waals surface area contributed by atoms with Crippen LogP contribution in [0.15, 0.2) is 212 Å². The second-order valence-electron chi connectivity index (χ2n) is 16.0. The first kappa shape index (κ1) is 34.5. The van der Waals surface area contributed by atoms with E-state index in [9.17, 15) is 0 Å². The molecule has 0 bridgehead atoms. The smallest absolute Gasteiger partial charge is 0.238 e. The lowest BCUT2D eigenvalue weighted by Gasteiger charge is -2.14. The Morgan fingerprint density at radius 1 is 0.242 bits per heavy atom. The van der Waals surface area contributed by atoms with E-state index in [-0.39, 0.29) is 0 Å². The van der Waals surface area contributed by atoms with Crippen LogP contribution in [0.5, 0.6) is 0 Å². The number of para-hydroxylation sites is 3. The number of aromatic nitrogens is 5. The van der Waals surface area contributed by atoms with Crippen LogP contribution in [0.25, 0.3) is 121 Å². The fourth-order valence-corrected chi connectivity index (χ4v) is 9.72. The molecule has 0 aliphatic heterocycles. The maximum atomic E-state index is 5.19. The summed E-state index contributed by atoms with van der Waals surface area (Å²) in [5.74, 6) is 1.85. The molecule has 0 radical (unpaired) electrons. The predicted molar refractivity (Wildman–Crippen MR) is 257 cm³/mol. The highest BCUT2D eigenvalue weighted by Crippen LogP contribution is 2.43. The van der Waals surface area contributed by atoms with Gasteiger partial charge in [0.25, 0.3) is 0 Å². The molecule has 13 aromatic rings. The molecule has 0 N–H and O–H groups in total. The molecule has 10 aromatic carbocycles. The van der Waals surface area contributed by atoms with Crippen molar-refractivity contribution >= 4 is 75.9 Å². The molecule has 0 unspecified atom stereocenters. The third-order valence-corrected chi connectivity index (χ3v) is 12.5. The number of fused-ring (bicyclic) bond motifs is 12. The third kappa shape index (κ3) is 5.25. The summed E-state index contributed by atoms with van der Waals surface area (Å²) in [7, 11) is 0. The van der Waals surface area contributed by atoms with Gasteiger partial charge in [-0.15, -0.1) is 0 Å². The Balaban J connectivity index is 1.04. The van der Waals surface area contributed by atoms with Gasteiger partial charge in [-0.25, -0.2) is 4.98 Å². The van der Waals surface area contributed by atoms with Crippen molar-refractivity contribution in [3.8, 4) is 45.5 Å². The van der Waals surface area contributed by atoms with Crippen LogP contribution in [-0.2, 0) is 0 Å². The van der Waals surface area contributed by atoms with E-state index in [1.54, 1.807) is 0 Å². The van der Waals surface area contributed by atoms with E-state index in [1.165, 1.54) is 65.3 Å². The topological polar surface area (TPSA) is 48.5 Å². The van der Waals surface area contributed by atoms with Gasteiger partial charge in [0.05, 0.1) is 22.1 Å². The summed E-state index contributed by atoms with van der Waals surface area (Å²) in [6, 6.07) is 75.8. The molecule has 5 heteroatoms. The first-order valence-corrected chi connectivity index (χ1v) is 21.0. The Morgan fingerprint density at radius 3 is 1.31 bits per heavy atom. The summed E-state index contributed by atoms with van der Waals surface area (Å²) >= 11 is 0. The summed E-state index contributed by atoms with van der Waals surface area (Å²) in [6.45, 7) is 0. The fourth-order valence-electron chi connectivity index (χ4n) is 9.72. The van der Waals surface area contributed by atoms with Crippen LogP contribution in [0.2, 0.25) is 0 Å². The van der Waals surface area contributed by atoms with Gasteiger partial charge in [0.1, 0.15) is 0 Å². The zero-order valence-corrected chi connectivity index (χ0v) is 33.4. The highest BCUT2D eigenvalue weighted by atomic mass is 15.2. The molecule has 62 heavy (non-hydrogen) atoms. The molecule has 5 nitrogen and oxygen atoms in total. The molecule has 0 spiro atoms. The second kappa shape index (κ2) is 13.6. The van der Waals surface area contributed by atoms with Crippen molar-refractivity contribution in [2.45, 2.75) is 0 Å². The van der Waals surface area contributed by atoms with Crippen LogP contribution < -0.4 is 0 Å². The number of benzene rings is 10. The van der Waals surface area contributed by atoms with E-state index in [2.05, 4.69) is 185 Å². The molecule has 0 amide bonds. The van der Waals surface area contributed by atoms with Gasteiger partial charge in [-0.1, -0.05) is 158 Å². The largest absolute Gasteiger partial charge is 0.309 e. The molecule has 0 aliphatic carbocycles. The molecule has 288 valence electrons. The van der Waals surface area contributed by atoms with Crippen LogP contribution in [0.3, 0.4) is 0 Å². The molecule has 0 aliphatic rings. The zero-order valence-electron chi connectivity index (χ0n) is 33.4. The second-order valence-corrected chi connectivity index (χ2v) is 16.0. The Labute approximate surface area is 356 Å². The molecule has 0 atom stereocenters. The highest BCUT2D eigenvalue weighted by molar-refractivity contribution is 6.29. The number of nitrogens with zero attached hydrogens (tertiary/aromatic N) is 5. The van der Waals surface area contributed by atoms with Gasteiger partial charge in [-0.2, -0.15) is 9.97 Å². The maximum Gasteiger partial charge on any atom is 0.238 e. The Kier molecular flexibility index (Phi) is 7.54. The lowest BCUT2D eigenvalue weighted by atomic mass is 9.91. The summed E-state index contributed by atoms with van der Waals surface area (Å²) in [5.41, 5.74) is 9.93. The first-order valence-electron chi connectivity index (χ1n) is 21.0. The van der Waals surface area contributed by atoms with E-state index >= 15 is 0 Å². The van der Waals surface area contributed by atoms with E-state index in [1.807, 2.05) is 36.4 Å². The van der Waals surface area contributed by atoms with Crippen molar-refractivity contribution in [3.05, 3.63) is 212 Å². The van der Waals surface area contributed by atoms with Gasteiger partial charge in [-0.3, -0.25) is 4.57 Å². The number of hydrogen-bond donors (Lipinski definition) is 0. The minimum absolute atomic E-state index is 0.585. The van der Waals surface area contributed by atoms with Crippen molar-refractivity contribution < 1.29 is 0 Å². The quantitative estimate of drug-likeness (QED) is 0.163. The Morgan fingerprint density at radius 2 is 0.677 bits per heavy atom. The van der Waals surface area contributed by atoms with Gasteiger partial charge in [0.2, 0.25) is 5.95 Å². The van der Waals surface area contributed by atoms with Crippen molar-refractivity contribution in [2.24, 2.45) is 0 Å². The Hall–Kier alpha value is -8.41. The van der Waals surface area contributed by atoms with E-state index < -0.39 is 0 Å². The molecule has 0 saturated carbocycles. The van der Waals surface area contributed by atoms with Crippen molar-refractivity contribution in [1.82, 2.24) is 24.1 Å². The molecule has 0 fully saturated rings. The number of hydrogen-bond acceptors (Lipinski definition) is 3. The van der Waals surface area contributed by atoms with Crippen LogP contribution in [0.4, 0.5) is 0 Å². The molecular formula is C57H35N5. The van der Waals surface area contributed by atoms with Gasteiger partial charge >= 0.3 is 0 Å². The molecule has 3 aromatic heterocycles. The Bertz CT molecular complexity index is 3850. The highest BCUT2D eigenvalue weighted by Gasteiger charge is 2.21. The van der Waals surface area contributed by atoms with Crippen molar-refractivity contribution in [3.63, 3.8) is 0 Å². The van der Waals surface area contributed by atoms with Gasteiger partial charge < -0.3 is 4.57 Å². The van der Waals surface area contributed by atoms with Crippen LogP contribution in [0.1, 0.15) is 0 Å². The monoisotopic (exact) mass is 789 g/mol. The summed E-state index contributed by atoms with van der Waals surface area (Å²) in [4.78, 5) is 15.4. The molecule has 3 heterocycles. The van der Waals surface area contributed by atoms with E-state index in [4.69, 9.17) is 15.0 Å². The lowest BCUT2D eigenvalue weighted by Crippen LogP contribution is -2.06. The van der Waals surface area contributed by atoms with Crippen molar-refractivity contribution in [1.29, 1.82) is 0 Å². The number of rotatable bonds is 5. The van der Waals surface area contributed by atoms with Gasteiger partial charge in [0.15, 0.2) is 11.6 Å². The maximum absolute atomic E-state index is 5.19. The van der Waals surface area contributed by atoms with Crippen LogP contribution >= 0.6 is 0 Å². The molecule has 13 rings (SSSR count). The van der Waals surface area contributed by atoms with E-state index in [0.717, 1.165) is 38.6 Å². The summed E-state index contributed by atoms with van der Waals surface area (Å²) < 4.78 is 4.59. The average Bonchev–Trinajstić information content (AvgIpc) is 3.86. The van der Waals surface area contributed by atoms with E-state index in [0.29, 0.717) is 17.6 Å². The standard InChI is InChI=1S/C57H35N5/c1-4-16-36(17-5-1)55-58-56(37-18-6-2-7-19-37)60-57(59-55)62-52-27-15-13-25-45(52)50-34-47-43-30-28-38(32-46(43)41-22-10-11-23-42(41)48(47)35-54(50)62)39-29-31-53-49(33-39)44-24-12-14-26-51(44)61(53)40-20-8-3-9-21-40/h1-35H. The average molecular weight is 790 g/mol.